The molecule has 0 aromatic rings. The number of hydrogen-bond donors (Lipinski definition) is 2. The predicted molar refractivity (Wildman–Crippen MR) is 65.3 cm³/mol. The molecule has 1 saturated carbocycles. The molecule has 2 N–H and O–H groups in total. The van der Waals surface area contributed by atoms with Gasteiger partial charge in [-0.05, 0) is 29.2 Å². The van der Waals surface area contributed by atoms with Gasteiger partial charge in [-0.1, -0.05) is 41.5 Å². The number of carboxylic acids is 1. The minimum Gasteiger partial charge on any atom is -0.480 e. The van der Waals surface area contributed by atoms with Crippen LogP contribution in [0.4, 0.5) is 0 Å². The fourth-order valence-electron chi connectivity index (χ4n) is 2.70. The number of aliphatic carboxylic acids is 1. The topological polar surface area (TPSA) is 49.3 Å². The van der Waals surface area contributed by atoms with Crippen molar-refractivity contribution < 1.29 is 9.90 Å². The lowest BCUT2D eigenvalue weighted by Gasteiger charge is -2.18. The Balaban J connectivity index is 2.50. The molecule has 0 aromatic heterocycles. The van der Waals surface area contributed by atoms with E-state index in [2.05, 4.69) is 33.0 Å². The number of rotatable bonds is 5. The lowest BCUT2D eigenvalue weighted by Crippen LogP contribution is -2.42. The molecule has 1 rings (SSSR count). The third-order valence-electron chi connectivity index (χ3n) is 4.79. The summed E-state index contributed by atoms with van der Waals surface area (Å²) in [4.78, 5) is 11.0. The molecule has 3 heteroatoms. The Hall–Kier alpha value is -0.570. The van der Waals surface area contributed by atoms with Crippen molar-refractivity contribution in [3.63, 3.8) is 0 Å². The fourth-order valence-corrected chi connectivity index (χ4v) is 2.70. The molecule has 0 bridgehead atoms. The van der Waals surface area contributed by atoms with Crippen molar-refractivity contribution >= 4 is 5.97 Å². The molecule has 1 fully saturated rings. The molecular formula is C13H25NO2. The van der Waals surface area contributed by atoms with Crippen LogP contribution in [0.25, 0.3) is 0 Å². The molecule has 0 spiro atoms. The fraction of sp³-hybridized carbons (Fsp3) is 0.923. The van der Waals surface area contributed by atoms with E-state index in [-0.39, 0.29) is 5.92 Å². The summed E-state index contributed by atoms with van der Waals surface area (Å²) in [6.45, 7) is 13.7. The van der Waals surface area contributed by atoms with Gasteiger partial charge >= 0.3 is 5.97 Å². The largest absolute Gasteiger partial charge is 0.480 e. The Morgan fingerprint density at radius 1 is 1.25 bits per heavy atom. The van der Waals surface area contributed by atoms with E-state index in [0.717, 1.165) is 6.54 Å². The Morgan fingerprint density at radius 2 is 1.69 bits per heavy atom. The zero-order chi connectivity index (χ0) is 12.7. The highest BCUT2D eigenvalue weighted by molar-refractivity contribution is 5.73. The number of carboxylic acid groups (broad SMARTS) is 1. The normalized spacial score (nSPS) is 24.4. The number of carbonyl (C=O) groups is 1. The molecule has 94 valence electrons. The van der Waals surface area contributed by atoms with Gasteiger partial charge in [-0.2, -0.15) is 0 Å². The highest BCUT2D eigenvalue weighted by atomic mass is 16.4. The second-order valence-corrected chi connectivity index (χ2v) is 6.46. The lowest BCUT2D eigenvalue weighted by atomic mass is 10.0. The first-order valence-corrected chi connectivity index (χ1v) is 6.08. The van der Waals surface area contributed by atoms with Gasteiger partial charge in [-0.3, -0.25) is 4.79 Å². The summed E-state index contributed by atoms with van der Waals surface area (Å²) < 4.78 is 0. The van der Waals surface area contributed by atoms with Gasteiger partial charge in [-0.25, -0.2) is 0 Å². The second-order valence-electron chi connectivity index (χ2n) is 6.46. The third kappa shape index (κ3) is 2.10. The smallest absolute Gasteiger partial charge is 0.320 e. The quantitative estimate of drug-likeness (QED) is 0.758. The molecule has 0 heterocycles. The summed E-state index contributed by atoms with van der Waals surface area (Å²) in [5, 5.41) is 12.3. The minimum absolute atomic E-state index is 0.127. The average Bonchev–Trinajstić information content (AvgIpc) is 2.45. The van der Waals surface area contributed by atoms with E-state index in [1.54, 1.807) is 0 Å². The van der Waals surface area contributed by atoms with Gasteiger partial charge in [-0.15, -0.1) is 0 Å². The van der Waals surface area contributed by atoms with Gasteiger partial charge in [0.1, 0.15) is 6.04 Å². The van der Waals surface area contributed by atoms with E-state index >= 15 is 0 Å². The predicted octanol–water partition coefficient (Wildman–Crippen LogP) is 2.37. The van der Waals surface area contributed by atoms with Crippen molar-refractivity contribution in [2.24, 2.45) is 22.7 Å². The summed E-state index contributed by atoms with van der Waals surface area (Å²) in [6, 6.07) is -0.424. The maximum atomic E-state index is 11.0. The molecule has 1 aliphatic carbocycles. The Morgan fingerprint density at radius 3 is 1.94 bits per heavy atom. The van der Waals surface area contributed by atoms with Crippen LogP contribution in [0.3, 0.4) is 0 Å². The van der Waals surface area contributed by atoms with Crippen LogP contribution in [0.1, 0.15) is 41.5 Å². The molecule has 16 heavy (non-hydrogen) atoms. The summed E-state index contributed by atoms with van der Waals surface area (Å²) in [5.74, 6) is -0.0469. The maximum absolute atomic E-state index is 11.0. The SMILES string of the molecule is CC(C)C(NCC1C(C)(C)C1(C)C)C(=O)O. The molecule has 1 aliphatic rings. The zero-order valence-electron chi connectivity index (χ0n) is 11.3. The maximum Gasteiger partial charge on any atom is 0.320 e. The average molecular weight is 227 g/mol. The van der Waals surface area contributed by atoms with Gasteiger partial charge < -0.3 is 10.4 Å². The van der Waals surface area contributed by atoms with Crippen molar-refractivity contribution in [3.8, 4) is 0 Å². The molecule has 1 unspecified atom stereocenters. The Kier molecular flexibility index (Phi) is 3.39. The van der Waals surface area contributed by atoms with Crippen LogP contribution in [0, 0.1) is 22.7 Å². The highest BCUT2D eigenvalue weighted by Gasteiger charge is 2.64. The number of nitrogens with one attached hydrogen (secondary N) is 1. The van der Waals surface area contributed by atoms with E-state index < -0.39 is 12.0 Å². The number of hydrogen-bond acceptors (Lipinski definition) is 2. The summed E-state index contributed by atoms with van der Waals surface area (Å²) >= 11 is 0. The molecule has 0 aromatic carbocycles. The van der Waals surface area contributed by atoms with E-state index in [0.29, 0.717) is 16.7 Å². The van der Waals surface area contributed by atoms with Crippen molar-refractivity contribution in [2.75, 3.05) is 6.54 Å². The lowest BCUT2D eigenvalue weighted by molar-refractivity contribution is -0.140. The van der Waals surface area contributed by atoms with Gasteiger partial charge in [0.2, 0.25) is 0 Å². The summed E-state index contributed by atoms with van der Waals surface area (Å²) in [7, 11) is 0. The summed E-state index contributed by atoms with van der Waals surface area (Å²) in [6.07, 6.45) is 0. The van der Waals surface area contributed by atoms with Gasteiger partial charge in [0.05, 0.1) is 0 Å². The minimum atomic E-state index is -0.744. The van der Waals surface area contributed by atoms with Crippen LogP contribution in [0.15, 0.2) is 0 Å². The second kappa shape index (κ2) is 4.02. The molecule has 0 amide bonds. The van der Waals surface area contributed by atoms with Crippen molar-refractivity contribution in [2.45, 2.75) is 47.6 Å². The van der Waals surface area contributed by atoms with Crippen molar-refractivity contribution in [1.82, 2.24) is 5.32 Å². The van der Waals surface area contributed by atoms with Gasteiger partial charge in [0.15, 0.2) is 0 Å². The highest BCUT2D eigenvalue weighted by Crippen LogP contribution is 2.67. The Bertz CT molecular complexity index is 268. The molecule has 0 aliphatic heterocycles. The van der Waals surface area contributed by atoms with Gasteiger partial charge in [0, 0.05) is 0 Å². The Labute approximate surface area is 98.6 Å². The first-order chi connectivity index (χ1) is 7.12. The van der Waals surface area contributed by atoms with Crippen LogP contribution >= 0.6 is 0 Å². The van der Waals surface area contributed by atoms with E-state index in [1.807, 2.05) is 13.8 Å². The van der Waals surface area contributed by atoms with Crippen LogP contribution in [-0.4, -0.2) is 23.7 Å². The van der Waals surface area contributed by atoms with Crippen LogP contribution in [0.2, 0.25) is 0 Å². The van der Waals surface area contributed by atoms with E-state index in [9.17, 15) is 4.79 Å². The van der Waals surface area contributed by atoms with Crippen molar-refractivity contribution in [1.29, 1.82) is 0 Å². The molecule has 0 saturated heterocycles. The third-order valence-corrected chi connectivity index (χ3v) is 4.79. The molecular weight excluding hydrogens is 202 g/mol. The van der Waals surface area contributed by atoms with Crippen LogP contribution in [0.5, 0.6) is 0 Å². The first kappa shape index (κ1) is 13.5. The van der Waals surface area contributed by atoms with E-state index in [1.165, 1.54) is 0 Å². The molecule has 3 nitrogen and oxygen atoms in total. The molecule has 0 radical (unpaired) electrons. The van der Waals surface area contributed by atoms with E-state index in [4.69, 9.17) is 5.11 Å². The molecule has 1 atom stereocenters. The van der Waals surface area contributed by atoms with Crippen LogP contribution < -0.4 is 5.32 Å². The summed E-state index contributed by atoms with van der Waals surface area (Å²) in [5.41, 5.74) is 0.639. The van der Waals surface area contributed by atoms with Crippen LogP contribution in [-0.2, 0) is 4.79 Å². The first-order valence-electron chi connectivity index (χ1n) is 6.08. The monoisotopic (exact) mass is 227 g/mol. The van der Waals surface area contributed by atoms with Crippen molar-refractivity contribution in [3.05, 3.63) is 0 Å². The standard InChI is InChI=1S/C13H25NO2/c1-8(2)10(11(15)16)14-7-9-12(3,4)13(9,5)6/h8-10,14H,7H2,1-6H3,(H,15,16). The van der Waals surface area contributed by atoms with Gasteiger partial charge in [0.25, 0.3) is 0 Å². The zero-order valence-corrected chi connectivity index (χ0v) is 11.3.